The molecule has 1 aromatic carbocycles. The fourth-order valence-electron chi connectivity index (χ4n) is 3.60. The highest BCUT2D eigenvalue weighted by molar-refractivity contribution is 5.84. The Kier molecular flexibility index (Phi) is 7.23. The summed E-state index contributed by atoms with van der Waals surface area (Å²) < 4.78 is 2.11. The van der Waals surface area contributed by atoms with Gasteiger partial charge in [0.15, 0.2) is 17.0 Å². The topological polar surface area (TPSA) is 108 Å². The molecule has 8 heteroatoms. The summed E-state index contributed by atoms with van der Waals surface area (Å²) in [7, 11) is 0. The van der Waals surface area contributed by atoms with Gasteiger partial charge in [-0.25, -0.2) is 4.98 Å². The summed E-state index contributed by atoms with van der Waals surface area (Å²) in [5, 5.41) is 27.3. The van der Waals surface area contributed by atoms with Gasteiger partial charge in [-0.1, -0.05) is 39.0 Å². The number of hydrogen-bond donors (Lipinski definition) is 4. The van der Waals surface area contributed by atoms with Crippen LogP contribution in [0.4, 0.5) is 11.8 Å². The van der Waals surface area contributed by atoms with Gasteiger partial charge < -0.3 is 25.4 Å². The molecular weight excluding hydrogens is 404 g/mol. The van der Waals surface area contributed by atoms with Crippen LogP contribution in [0.15, 0.2) is 24.5 Å². The SMILES string of the molecule is CCC(CC)n1cnc2c(NCc3cccc(C)c3O)nc(NCC(C)C(C)(C)O)nc21. The molecule has 0 aliphatic rings. The number of anilines is 2. The normalized spacial score (nSPS) is 13.0. The van der Waals surface area contributed by atoms with Crippen LogP contribution in [0.25, 0.3) is 11.2 Å². The van der Waals surface area contributed by atoms with E-state index in [1.807, 2.05) is 38.4 Å². The second kappa shape index (κ2) is 9.73. The Labute approximate surface area is 190 Å². The summed E-state index contributed by atoms with van der Waals surface area (Å²) in [6.45, 7) is 12.7. The van der Waals surface area contributed by atoms with Crippen LogP contribution in [-0.4, -0.2) is 41.9 Å². The molecule has 0 saturated heterocycles. The average Bonchev–Trinajstić information content (AvgIpc) is 3.17. The highest BCUT2D eigenvalue weighted by Gasteiger charge is 2.23. The second-order valence-corrected chi connectivity index (χ2v) is 9.06. The van der Waals surface area contributed by atoms with Gasteiger partial charge in [0.2, 0.25) is 5.95 Å². The minimum absolute atomic E-state index is 0.00592. The maximum atomic E-state index is 10.4. The summed E-state index contributed by atoms with van der Waals surface area (Å²) in [6, 6.07) is 5.99. The Morgan fingerprint density at radius 2 is 1.84 bits per heavy atom. The monoisotopic (exact) mass is 440 g/mol. The van der Waals surface area contributed by atoms with E-state index in [0.717, 1.165) is 29.6 Å². The van der Waals surface area contributed by atoms with Gasteiger partial charge in [0.1, 0.15) is 5.75 Å². The van der Waals surface area contributed by atoms with Crippen LogP contribution < -0.4 is 10.6 Å². The molecular formula is C24H36N6O2. The van der Waals surface area contributed by atoms with Gasteiger partial charge in [-0.05, 0) is 39.2 Å². The van der Waals surface area contributed by atoms with Crippen LogP contribution >= 0.6 is 0 Å². The molecule has 3 aromatic rings. The van der Waals surface area contributed by atoms with Crippen molar-refractivity contribution in [2.24, 2.45) is 5.92 Å². The van der Waals surface area contributed by atoms with Crippen molar-refractivity contribution in [1.29, 1.82) is 0 Å². The molecule has 0 amide bonds. The molecule has 32 heavy (non-hydrogen) atoms. The van der Waals surface area contributed by atoms with Gasteiger partial charge in [-0.2, -0.15) is 9.97 Å². The number of rotatable bonds is 10. The Morgan fingerprint density at radius 3 is 2.50 bits per heavy atom. The van der Waals surface area contributed by atoms with Gasteiger partial charge >= 0.3 is 0 Å². The maximum Gasteiger partial charge on any atom is 0.226 e. The first-order valence-corrected chi connectivity index (χ1v) is 11.4. The smallest absolute Gasteiger partial charge is 0.226 e. The van der Waals surface area contributed by atoms with Crippen LogP contribution in [0.2, 0.25) is 0 Å². The molecule has 2 heterocycles. The zero-order valence-electron chi connectivity index (χ0n) is 20.0. The lowest BCUT2D eigenvalue weighted by atomic mass is 9.93. The zero-order valence-corrected chi connectivity index (χ0v) is 20.0. The Hall–Kier alpha value is -2.87. The van der Waals surface area contributed by atoms with Gasteiger partial charge in [0, 0.05) is 30.6 Å². The largest absolute Gasteiger partial charge is 0.507 e. The lowest BCUT2D eigenvalue weighted by Crippen LogP contribution is -2.33. The first kappa shape index (κ1) is 23.8. The number of fused-ring (bicyclic) bond motifs is 1. The van der Waals surface area contributed by atoms with E-state index in [1.165, 1.54) is 0 Å². The van der Waals surface area contributed by atoms with Crippen LogP contribution in [0.3, 0.4) is 0 Å². The summed E-state index contributed by atoms with van der Waals surface area (Å²) in [4.78, 5) is 14.0. The Bertz CT molecular complexity index is 1050. The molecule has 1 atom stereocenters. The van der Waals surface area contributed by atoms with Crippen molar-refractivity contribution in [3.8, 4) is 5.75 Å². The Morgan fingerprint density at radius 1 is 1.12 bits per heavy atom. The third kappa shape index (κ3) is 5.12. The molecule has 0 radical (unpaired) electrons. The summed E-state index contributed by atoms with van der Waals surface area (Å²) in [5.74, 6) is 1.38. The van der Waals surface area contributed by atoms with Crippen LogP contribution in [-0.2, 0) is 6.54 Å². The van der Waals surface area contributed by atoms with E-state index in [9.17, 15) is 10.2 Å². The van der Waals surface area contributed by atoms with Crippen molar-refractivity contribution in [3.05, 3.63) is 35.7 Å². The molecule has 0 aliphatic carbocycles. The number of para-hydroxylation sites is 1. The number of nitrogens with zero attached hydrogens (tertiary/aromatic N) is 4. The second-order valence-electron chi connectivity index (χ2n) is 9.06. The molecule has 4 N–H and O–H groups in total. The molecule has 174 valence electrons. The van der Waals surface area contributed by atoms with E-state index in [0.29, 0.717) is 36.4 Å². The molecule has 0 fully saturated rings. The number of phenols is 1. The fraction of sp³-hybridized carbons (Fsp3) is 0.542. The number of hydrogen-bond acceptors (Lipinski definition) is 7. The van der Waals surface area contributed by atoms with Crippen molar-refractivity contribution >= 4 is 22.9 Å². The molecule has 2 aromatic heterocycles. The number of nitrogens with one attached hydrogen (secondary N) is 2. The predicted octanol–water partition coefficient (Wildman–Crippen LogP) is 4.63. The van der Waals surface area contributed by atoms with Crippen molar-refractivity contribution in [1.82, 2.24) is 19.5 Å². The summed E-state index contributed by atoms with van der Waals surface area (Å²) in [5.41, 5.74) is 2.28. The van der Waals surface area contributed by atoms with E-state index < -0.39 is 5.60 Å². The van der Waals surface area contributed by atoms with Gasteiger partial charge in [0.05, 0.1) is 11.9 Å². The number of benzene rings is 1. The molecule has 0 spiro atoms. The number of phenolic OH excluding ortho intramolecular Hbond substituents is 1. The predicted molar refractivity (Wildman–Crippen MR) is 129 cm³/mol. The standard InChI is InChI=1S/C24H36N6O2/c1-7-18(8-2)30-14-27-19-21(25-13-17-11-9-10-15(3)20(17)31)28-23(29-22(19)30)26-12-16(4)24(5,6)32/h9-11,14,16,18,31-32H,7-8,12-13H2,1-6H3,(H2,25,26,28,29). The minimum atomic E-state index is -0.807. The van der Waals surface area contributed by atoms with E-state index in [-0.39, 0.29) is 11.7 Å². The first-order valence-electron chi connectivity index (χ1n) is 11.4. The van der Waals surface area contributed by atoms with E-state index in [2.05, 4.69) is 39.0 Å². The molecule has 0 bridgehead atoms. The molecule has 0 aliphatic heterocycles. The highest BCUT2D eigenvalue weighted by atomic mass is 16.3. The number of imidazole rings is 1. The van der Waals surface area contributed by atoms with E-state index in [1.54, 1.807) is 13.8 Å². The molecule has 0 saturated carbocycles. The quantitative estimate of drug-likeness (QED) is 0.364. The van der Waals surface area contributed by atoms with Gasteiger partial charge in [0.25, 0.3) is 0 Å². The van der Waals surface area contributed by atoms with Crippen LogP contribution in [0.5, 0.6) is 5.75 Å². The highest BCUT2D eigenvalue weighted by Crippen LogP contribution is 2.28. The number of aryl methyl sites for hydroxylation is 1. The third-order valence-corrected chi connectivity index (χ3v) is 6.30. The number of aromatic nitrogens is 4. The van der Waals surface area contributed by atoms with Gasteiger partial charge in [-0.15, -0.1) is 0 Å². The molecule has 3 rings (SSSR count). The lowest BCUT2D eigenvalue weighted by molar-refractivity contribution is 0.0303. The average molecular weight is 441 g/mol. The number of aliphatic hydroxyl groups is 1. The van der Waals surface area contributed by atoms with Crippen molar-refractivity contribution in [2.45, 2.75) is 72.6 Å². The Balaban J connectivity index is 1.96. The minimum Gasteiger partial charge on any atom is -0.507 e. The summed E-state index contributed by atoms with van der Waals surface area (Å²) >= 11 is 0. The maximum absolute atomic E-state index is 10.4. The zero-order chi connectivity index (χ0) is 23.5. The third-order valence-electron chi connectivity index (χ3n) is 6.30. The van der Waals surface area contributed by atoms with E-state index in [4.69, 9.17) is 4.98 Å². The first-order chi connectivity index (χ1) is 15.2. The molecule has 1 unspecified atom stereocenters. The number of aromatic hydroxyl groups is 1. The summed E-state index contributed by atoms with van der Waals surface area (Å²) in [6.07, 6.45) is 3.78. The van der Waals surface area contributed by atoms with Crippen LogP contribution in [0.1, 0.15) is 64.6 Å². The van der Waals surface area contributed by atoms with Crippen molar-refractivity contribution in [2.75, 3.05) is 17.2 Å². The van der Waals surface area contributed by atoms with Gasteiger partial charge in [-0.3, -0.25) is 0 Å². The van der Waals surface area contributed by atoms with Crippen molar-refractivity contribution < 1.29 is 10.2 Å². The van der Waals surface area contributed by atoms with E-state index >= 15 is 0 Å². The fourth-order valence-corrected chi connectivity index (χ4v) is 3.60. The lowest BCUT2D eigenvalue weighted by Gasteiger charge is -2.26. The van der Waals surface area contributed by atoms with Crippen LogP contribution in [0, 0.1) is 12.8 Å². The molecule has 8 nitrogen and oxygen atoms in total. The van der Waals surface area contributed by atoms with Crippen molar-refractivity contribution in [3.63, 3.8) is 0 Å².